The molecule has 3 saturated heterocycles. The first-order valence-electron chi connectivity index (χ1n) is 25.1. The number of aliphatic hydroxyl groups is 2. The molecule has 416 valence electrons. The standard InChI is InChI=1S/C27H28F3N7O4.C24H24F3N7O4/c1-26(2)40-14-19(41-26)13-39-22-10-21(32-15-33-22)34-25(38)37-18-7-4-8-36(12-18)20-11-31-23(35-24(20)37)16-5-3-6-17(9-16)27(28,29)30;25-24(26,27)15-4-1-3-14(7-15)21-28-9-18-22(32-21)34(16-5-2-6-33(18)10-16)23(37)31-19-8-20(30-13-29-19)38-12-17(36)11-35/h3,5-6,9-11,15,18-19H,4,7-8,12-14H2,1-2H3,(H,32,33,34,38);1,3-4,7-9,13,16-17,35-36H,2,5-6,10-12H2,(H,29,30,31,37)/t18-,19-;16-,17+/m00/s1. The third-order valence-corrected chi connectivity index (χ3v) is 13.4. The van der Waals surface area contributed by atoms with Crippen molar-refractivity contribution in [2.75, 3.05) is 82.8 Å². The summed E-state index contributed by atoms with van der Waals surface area (Å²) in [6.45, 7) is 6.22. The Balaban J connectivity index is 0.000000179. The van der Waals surface area contributed by atoms with Gasteiger partial charge in [0.2, 0.25) is 11.8 Å². The molecule has 4 bridgehead atoms. The van der Waals surface area contributed by atoms with Crippen LogP contribution in [0.15, 0.2) is 85.7 Å². The number of fused-ring (bicyclic) bond motifs is 8. The molecule has 79 heavy (non-hydrogen) atoms. The number of hydrogen-bond acceptors (Lipinski definition) is 18. The number of benzene rings is 2. The monoisotopic (exact) mass is 1100 g/mol. The van der Waals surface area contributed by atoms with Gasteiger partial charge >= 0.3 is 24.4 Å². The summed E-state index contributed by atoms with van der Waals surface area (Å²) in [6, 6.07) is 11.0. The summed E-state index contributed by atoms with van der Waals surface area (Å²) in [5.41, 5.74) is 0.00312. The summed E-state index contributed by atoms with van der Waals surface area (Å²) < 4.78 is 102. The minimum absolute atomic E-state index is 0.0639. The highest BCUT2D eigenvalue weighted by atomic mass is 19.4. The number of ether oxygens (including phenoxy) is 4. The van der Waals surface area contributed by atoms with Crippen molar-refractivity contribution in [1.82, 2.24) is 39.9 Å². The van der Waals surface area contributed by atoms with Crippen molar-refractivity contribution in [1.29, 1.82) is 0 Å². The average molecular weight is 1100 g/mol. The lowest BCUT2D eigenvalue weighted by Crippen LogP contribution is -2.56. The van der Waals surface area contributed by atoms with Crippen LogP contribution in [0.2, 0.25) is 0 Å². The maximum atomic E-state index is 13.7. The summed E-state index contributed by atoms with van der Waals surface area (Å²) in [7, 11) is 0. The number of aliphatic hydroxyl groups excluding tert-OH is 2. The van der Waals surface area contributed by atoms with Crippen molar-refractivity contribution in [3.05, 3.63) is 96.8 Å². The van der Waals surface area contributed by atoms with Gasteiger partial charge in [-0.25, -0.2) is 49.5 Å². The number of nitrogens with one attached hydrogen (secondary N) is 2. The number of piperidine rings is 2. The number of rotatable bonds is 11. The summed E-state index contributed by atoms with van der Waals surface area (Å²) in [5, 5.41) is 23.9. The molecule has 5 aliphatic rings. The van der Waals surface area contributed by atoms with Gasteiger partial charge in [0.15, 0.2) is 29.1 Å². The lowest BCUT2D eigenvalue weighted by atomic mass is 10.0. The highest BCUT2D eigenvalue weighted by Crippen LogP contribution is 2.42. The van der Waals surface area contributed by atoms with Crippen LogP contribution in [-0.2, 0) is 21.8 Å². The Morgan fingerprint density at radius 3 is 1.67 bits per heavy atom. The van der Waals surface area contributed by atoms with Gasteiger partial charge in [-0.2, -0.15) is 26.3 Å². The van der Waals surface area contributed by atoms with Gasteiger partial charge in [0.1, 0.15) is 49.7 Å². The Kier molecular flexibility index (Phi) is 15.4. The van der Waals surface area contributed by atoms with Crippen molar-refractivity contribution in [3.8, 4) is 34.5 Å². The lowest BCUT2D eigenvalue weighted by molar-refractivity contribution is -0.141. The maximum absolute atomic E-state index is 13.7. The number of halogens is 6. The lowest BCUT2D eigenvalue weighted by Gasteiger charge is -2.45. The van der Waals surface area contributed by atoms with E-state index in [0.29, 0.717) is 43.3 Å². The van der Waals surface area contributed by atoms with Gasteiger partial charge in [-0.05, 0) is 63.8 Å². The van der Waals surface area contributed by atoms with Gasteiger partial charge in [0, 0.05) is 49.4 Å². The predicted octanol–water partition coefficient (Wildman–Crippen LogP) is 7.21. The number of nitrogens with zero attached hydrogens (tertiary/aromatic N) is 12. The summed E-state index contributed by atoms with van der Waals surface area (Å²) in [4.78, 5) is 68.4. The molecule has 4 amide bonds. The van der Waals surface area contributed by atoms with Crippen LogP contribution in [0, 0.1) is 0 Å². The SMILES string of the molecule is CC1(C)OC[C@H](COc2cc(NC(=O)N3c4nc(-c5cccc(C(F)(F)F)c5)ncc4N4CCC[C@H]3C4)ncn2)O1.O=C(Nc1cc(OC[C@H](O)CO)ncn1)N1c2nc(-c3cccc(C(F)(F)F)c3)ncc2N2CCC[C@H]1C2. The number of alkyl halides is 6. The van der Waals surface area contributed by atoms with Crippen molar-refractivity contribution in [3.63, 3.8) is 0 Å². The molecule has 0 radical (unpaired) electrons. The second-order valence-corrected chi connectivity index (χ2v) is 19.4. The number of carbonyl (C=O) groups excluding carboxylic acids is 2. The Labute approximate surface area is 446 Å². The number of urea groups is 2. The van der Waals surface area contributed by atoms with E-state index in [1.54, 1.807) is 6.20 Å². The van der Waals surface area contributed by atoms with E-state index in [0.717, 1.165) is 56.6 Å². The van der Waals surface area contributed by atoms with Gasteiger partial charge < -0.3 is 39.0 Å². The van der Waals surface area contributed by atoms with E-state index in [2.05, 4.69) is 60.3 Å². The van der Waals surface area contributed by atoms with Crippen molar-refractivity contribution >= 4 is 46.7 Å². The number of aromatic nitrogens is 8. The van der Waals surface area contributed by atoms with Crippen molar-refractivity contribution in [2.45, 2.75) is 82.0 Å². The Hall–Kier alpha value is -8.08. The van der Waals surface area contributed by atoms with E-state index in [-0.39, 0.29) is 83.4 Å². The summed E-state index contributed by atoms with van der Waals surface area (Å²) in [6.07, 6.45) is -1.68. The fourth-order valence-corrected chi connectivity index (χ4v) is 9.69. The Morgan fingerprint density at radius 2 is 1.22 bits per heavy atom. The maximum Gasteiger partial charge on any atom is 0.416 e. The molecule has 22 nitrogen and oxygen atoms in total. The molecule has 28 heteroatoms. The van der Waals surface area contributed by atoms with Crippen LogP contribution < -0.4 is 39.7 Å². The highest BCUT2D eigenvalue weighted by molar-refractivity contribution is 6.05. The molecule has 2 aromatic carbocycles. The first-order chi connectivity index (χ1) is 37.8. The van der Waals surface area contributed by atoms with Crippen LogP contribution in [0.25, 0.3) is 22.8 Å². The molecule has 11 rings (SSSR count). The number of amides is 4. The minimum atomic E-state index is -4.52. The molecule has 0 aliphatic carbocycles. The molecule has 3 fully saturated rings. The normalized spacial score (nSPS) is 19.5. The molecule has 0 spiro atoms. The molecule has 0 saturated carbocycles. The zero-order valence-corrected chi connectivity index (χ0v) is 42.4. The van der Waals surface area contributed by atoms with Gasteiger partial charge in [-0.15, -0.1) is 0 Å². The Morgan fingerprint density at radius 1 is 0.722 bits per heavy atom. The molecule has 5 aliphatic heterocycles. The minimum Gasteiger partial charge on any atom is -0.475 e. The van der Waals surface area contributed by atoms with Crippen LogP contribution in [0.4, 0.5) is 70.6 Å². The van der Waals surface area contributed by atoms with E-state index in [9.17, 15) is 41.0 Å². The molecule has 0 unspecified atom stereocenters. The van der Waals surface area contributed by atoms with E-state index in [1.165, 1.54) is 65.0 Å². The number of anilines is 6. The molecular weight excluding hydrogens is 1050 g/mol. The summed E-state index contributed by atoms with van der Waals surface area (Å²) in [5.74, 6) is 0.775. The van der Waals surface area contributed by atoms with Gasteiger partial charge in [-0.1, -0.05) is 24.3 Å². The van der Waals surface area contributed by atoms with Crippen LogP contribution in [-0.4, -0.2) is 145 Å². The number of carbonyl (C=O) groups is 2. The van der Waals surface area contributed by atoms with Crippen LogP contribution in [0.5, 0.6) is 11.8 Å². The average Bonchev–Trinajstić information content (AvgIpc) is 4.00. The van der Waals surface area contributed by atoms with Gasteiger partial charge in [-0.3, -0.25) is 20.4 Å². The quantitative estimate of drug-likeness (QED) is 0.0935. The van der Waals surface area contributed by atoms with Gasteiger partial charge in [0.05, 0.1) is 60.2 Å². The first kappa shape index (κ1) is 54.3. The first-order valence-corrected chi connectivity index (χ1v) is 25.1. The zero-order chi connectivity index (χ0) is 55.6. The molecule has 6 aromatic rings. The summed E-state index contributed by atoms with van der Waals surface area (Å²) >= 11 is 0. The fraction of sp³-hybridized carbons (Fsp3) is 0.412. The second-order valence-electron chi connectivity index (χ2n) is 19.4. The van der Waals surface area contributed by atoms with Crippen molar-refractivity contribution in [2.24, 2.45) is 0 Å². The van der Waals surface area contributed by atoms with Crippen LogP contribution in [0.3, 0.4) is 0 Å². The second kappa shape index (κ2) is 22.3. The zero-order valence-electron chi connectivity index (χ0n) is 42.4. The topological polar surface area (TPSA) is 252 Å². The molecule has 4 atom stereocenters. The van der Waals surface area contributed by atoms with Crippen LogP contribution >= 0.6 is 0 Å². The molecule has 4 N–H and O–H groups in total. The van der Waals surface area contributed by atoms with Crippen molar-refractivity contribution < 1.29 is 65.1 Å². The largest absolute Gasteiger partial charge is 0.475 e. The third-order valence-electron chi connectivity index (χ3n) is 13.4. The molecular formula is C51H52F6N14O8. The fourth-order valence-electron chi connectivity index (χ4n) is 9.69. The smallest absolute Gasteiger partial charge is 0.416 e. The van der Waals surface area contributed by atoms with E-state index in [1.807, 2.05) is 13.8 Å². The molecule has 4 aromatic heterocycles. The van der Waals surface area contributed by atoms with Crippen LogP contribution in [0.1, 0.15) is 50.7 Å². The molecule has 9 heterocycles. The van der Waals surface area contributed by atoms with Gasteiger partial charge in [0.25, 0.3) is 0 Å². The van der Waals surface area contributed by atoms with E-state index in [4.69, 9.17) is 24.1 Å². The third kappa shape index (κ3) is 12.5. The van der Waals surface area contributed by atoms with E-state index >= 15 is 0 Å². The number of hydrogen-bond donors (Lipinski definition) is 4. The Bertz CT molecular complexity index is 3200. The predicted molar refractivity (Wildman–Crippen MR) is 271 cm³/mol. The van der Waals surface area contributed by atoms with E-state index < -0.39 is 54.0 Å². The highest BCUT2D eigenvalue weighted by Gasteiger charge is 2.41.